The fourth-order valence-electron chi connectivity index (χ4n) is 2.75. The molecule has 134 valence electrons. The molecule has 2 atom stereocenters. The second kappa shape index (κ2) is 8.02. The van der Waals surface area contributed by atoms with Crippen LogP contribution in [0.4, 0.5) is 4.79 Å². The summed E-state index contributed by atoms with van der Waals surface area (Å²) < 4.78 is 5.48. The lowest BCUT2D eigenvalue weighted by atomic mass is 9.90. The summed E-state index contributed by atoms with van der Waals surface area (Å²) in [6.07, 6.45) is 0.552. The zero-order valence-electron chi connectivity index (χ0n) is 16.3. The minimum Gasteiger partial charge on any atom is -0.444 e. The van der Waals surface area contributed by atoms with Crippen LogP contribution in [0.2, 0.25) is 19.6 Å². The van der Waals surface area contributed by atoms with Gasteiger partial charge in [-0.2, -0.15) is 0 Å². The van der Waals surface area contributed by atoms with Gasteiger partial charge >= 0.3 is 6.09 Å². The molecule has 0 bridgehead atoms. The molecule has 1 aromatic rings. The van der Waals surface area contributed by atoms with Crippen LogP contribution in [-0.2, 0) is 4.74 Å². The van der Waals surface area contributed by atoms with Crippen molar-refractivity contribution in [2.45, 2.75) is 65.4 Å². The van der Waals surface area contributed by atoms with Crippen molar-refractivity contribution >= 4 is 14.2 Å². The number of carbonyl (C=O) groups is 1. The predicted octanol–water partition coefficient (Wildman–Crippen LogP) is 5.71. The molecule has 0 aliphatic rings. The SMILES string of the molecule is C=C([C@H](CC)[C@H](NC(=O)OC(C)(C)C)c1ccccc1)[Si](C)(C)C. The second-order valence-electron chi connectivity index (χ2n) is 8.32. The number of carbonyl (C=O) groups excluding carboxylic acids is 1. The van der Waals surface area contributed by atoms with Crippen LogP contribution < -0.4 is 5.32 Å². The van der Waals surface area contributed by atoms with Gasteiger partial charge in [-0.1, -0.05) is 62.1 Å². The molecule has 0 aliphatic heterocycles. The van der Waals surface area contributed by atoms with Gasteiger partial charge in [0.1, 0.15) is 5.60 Å². The number of benzene rings is 1. The first-order valence-electron chi connectivity index (χ1n) is 8.69. The molecule has 1 N–H and O–H groups in total. The van der Waals surface area contributed by atoms with Gasteiger partial charge in [-0.3, -0.25) is 0 Å². The third-order valence-corrected chi connectivity index (χ3v) is 6.38. The molecule has 0 unspecified atom stereocenters. The van der Waals surface area contributed by atoms with Crippen molar-refractivity contribution in [1.29, 1.82) is 0 Å². The zero-order valence-corrected chi connectivity index (χ0v) is 17.3. The predicted molar refractivity (Wildman–Crippen MR) is 105 cm³/mol. The van der Waals surface area contributed by atoms with Crippen molar-refractivity contribution in [2.75, 3.05) is 0 Å². The summed E-state index contributed by atoms with van der Waals surface area (Å²) >= 11 is 0. The molecule has 0 saturated carbocycles. The summed E-state index contributed by atoms with van der Waals surface area (Å²) in [5.74, 6) is 0.201. The van der Waals surface area contributed by atoms with Crippen LogP contribution in [0.5, 0.6) is 0 Å². The molecular formula is C20H33NO2Si. The molecule has 0 spiro atoms. The number of ether oxygens (including phenoxy) is 1. The Bertz CT molecular complexity index is 555. The standard InChI is InChI=1S/C20H33NO2Si/c1-9-17(15(2)24(6,7)8)18(16-13-11-10-12-14-16)21-19(22)23-20(3,4)5/h10-14,17-18H,2,9H2,1,3-8H3,(H,21,22)/t17-,18+/m0/s1. The van der Waals surface area contributed by atoms with E-state index < -0.39 is 13.7 Å². The Kier molecular flexibility index (Phi) is 6.84. The first-order chi connectivity index (χ1) is 11.0. The Hall–Kier alpha value is -1.55. The third-order valence-electron chi connectivity index (χ3n) is 4.08. The van der Waals surface area contributed by atoms with Crippen molar-refractivity contribution in [3.8, 4) is 0 Å². The monoisotopic (exact) mass is 347 g/mol. The molecule has 1 rings (SSSR count). The number of hydrogen-bond acceptors (Lipinski definition) is 2. The highest BCUT2D eigenvalue weighted by atomic mass is 28.3. The summed E-state index contributed by atoms with van der Waals surface area (Å²) in [5, 5.41) is 4.37. The van der Waals surface area contributed by atoms with Gasteiger partial charge in [-0.05, 0) is 32.8 Å². The molecule has 1 amide bonds. The van der Waals surface area contributed by atoms with E-state index in [-0.39, 0.29) is 18.1 Å². The van der Waals surface area contributed by atoms with E-state index >= 15 is 0 Å². The van der Waals surface area contributed by atoms with Crippen molar-refractivity contribution in [3.63, 3.8) is 0 Å². The summed E-state index contributed by atoms with van der Waals surface area (Å²) in [6.45, 7) is 19.1. The molecule has 24 heavy (non-hydrogen) atoms. The van der Waals surface area contributed by atoms with Crippen LogP contribution in [0.1, 0.15) is 45.7 Å². The van der Waals surface area contributed by atoms with Gasteiger partial charge in [0.2, 0.25) is 0 Å². The van der Waals surface area contributed by atoms with E-state index in [0.717, 1.165) is 12.0 Å². The van der Waals surface area contributed by atoms with Crippen LogP contribution in [0.25, 0.3) is 0 Å². The minimum atomic E-state index is -1.52. The Labute approximate surface area is 148 Å². The highest BCUT2D eigenvalue weighted by molar-refractivity contribution is 6.83. The van der Waals surface area contributed by atoms with E-state index in [0.29, 0.717) is 0 Å². The Morgan fingerprint density at radius 1 is 1.21 bits per heavy atom. The fraction of sp³-hybridized carbons (Fsp3) is 0.550. The number of nitrogens with one attached hydrogen (secondary N) is 1. The third kappa shape index (κ3) is 6.15. The van der Waals surface area contributed by atoms with Gasteiger partial charge in [-0.25, -0.2) is 4.79 Å². The Morgan fingerprint density at radius 3 is 2.17 bits per heavy atom. The lowest BCUT2D eigenvalue weighted by Crippen LogP contribution is -2.41. The summed E-state index contributed by atoms with van der Waals surface area (Å²) in [6, 6.07) is 9.99. The molecule has 0 saturated heterocycles. The van der Waals surface area contributed by atoms with E-state index in [1.165, 1.54) is 5.20 Å². The van der Waals surface area contributed by atoms with Crippen molar-refractivity contribution in [3.05, 3.63) is 47.7 Å². The Balaban J connectivity index is 3.14. The van der Waals surface area contributed by atoms with Crippen LogP contribution in [-0.4, -0.2) is 19.8 Å². The molecular weight excluding hydrogens is 314 g/mol. The summed E-state index contributed by atoms with van der Waals surface area (Å²) in [4.78, 5) is 12.4. The van der Waals surface area contributed by atoms with Gasteiger partial charge in [0.15, 0.2) is 0 Å². The molecule has 0 fully saturated rings. The maximum Gasteiger partial charge on any atom is 0.408 e. The van der Waals surface area contributed by atoms with Crippen LogP contribution in [0.15, 0.2) is 42.1 Å². The van der Waals surface area contributed by atoms with Crippen molar-refractivity contribution in [2.24, 2.45) is 5.92 Å². The van der Waals surface area contributed by atoms with Gasteiger partial charge in [-0.15, -0.1) is 6.58 Å². The topological polar surface area (TPSA) is 38.3 Å². The normalized spacial score (nSPS) is 14.6. The van der Waals surface area contributed by atoms with Crippen LogP contribution >= 0.6 is 0 Å². The molecule has 1 aromatic carbocycles. The zero-order chi connectivity index (χ0) is 18.5. The maximum absolute atomic E-state index is 12.4. The highest BCUT2D eigenvalue weighted by Crippen LogP contribution is 2.34. The van der Waals surface area contributed by atoms with Gasteiger partial charge in [0, 0.05) is 5.92 Å². The van der Waals surface area contributed by atoms with Crippen LogP contribution in [0.3, 0.4) is 0 Å². The lowest BCUT2D eigenvalue weighted by Gasteiger charge is -2.35. The number of alkyl carbamates (subject to hydrolysis) is 1. The molecule has 0 aromatic heterocycles. The first kappa shape index (κ1) is 20.5. The molecule has 0 radical (unpaired) electrons. The van der Waals surface area contributed by atoms with E-state index in [1.54, 1.807) is 0 Å². The molecule has 0 heterocycles. The number of amides is 1. The van der Waals surface area contributed by atoms with E-state index in [9.17, 15) is 4.79 Å². The number of rotatable bonds is 6. The average molecular weight is 348 g/mol. The number of hydrogen-bond donors (Lipinski definition) is 1. The Morgan fingerprint density at radius 2 is 1.75 bits per heavy atom. The van der Waals surface area contributed by atoms with E-state index in [1.807, 2.05) is 39.0 Å². The lowest BCUT2D eigenvalue weighted by molar-refractivity contribution is 0.0490. The van der Waals surface area contributed by atoms with Crippen molar-refractivity contribution < 1.29 is 9.53 Å². The molecule has 4 heteroatoms. The van der Waals surface area contributed by atoms with Crippen molar-refractivity contribution in [1.82, 2.24) is 5.32 Å². The quantitative estimate of drug-likeness (QED) is 0.669. The van der Waals surface area contributed by atoms with E-state index in [2.05, 4.69) is 50.6 Å². The van der Waals surface area contributed by atoms with Gasteiger partial charge < -0.3 is 10.1 Å². The van der Waals surface area contributed by atoms with Gasteiger partial charge in [0.05, 0.1) is 14.1 Å². The fourth-order valence-corrected chi connectivity index (χ4v) is 4.23. The molecule has 3 nitrogen and oxygen atoms in total. The first-order valence-corrected chi connectivity index (χ1v) is 12.2. The minimum absolute atomic E-state index is 0.120. The molecule has 0 aliphatic carbocycles. The van der Waals surface area contributed by atoms with Crippen LogP contribution in [0, 0.1) is 5.92 Å². The maximum atomic E-state index is 12.4. The summed E-state index contributed by atoms with van der Waals surface area (Å²) in [7, 11) is -1.52. The second-order valence-corrected chi connectivity index (χ2v) is 13.5. The smallest absolute Gasteiger partial charge is 0.408 e. The summed E-state index contributed by atoms with van der Waals surface area (Å²) in [5.41, 5.74) is 0.581. The average Bonchev–Trinajstić information content (AvgIpc) is 2.44. The highest BCUT2D eigenvalue weighted by Gasteiger charge is 2.32. The van der Waals surface area contributed by atoms with Gasteiger partial charge in [0.25, 0.3) is 0 Å². The van der Waals surface area contributed by atoms with E-state index in [4.69, 9.17) is 4.74 Å². The largest absolute Gasteiger partial charge is 0.444 e.